The van der Waals surface area contributed by atoms with Crippen molar-refractivity contribution < 1.29 is 9.53 Å². The molecule has 1 N–H and O–H groups in total. The number of fused-ring (bicyclic) bond motifs is 3. The molecule has 1 aliphatic rings. The second kappa shape index (κ2) is 6.03. The number of nitrogens with zero attached hydrogens (tertiary/aromatic N) is 1. The third-order valence-electron chi connectivity index (χ3n) is 4.82. The topological polar surface area (TPSA) is 45.3 Å². The molecule has 22 heavy (non-hydrogen) atoms. The Balaban J connectivity index is 1.92. The lowest BCUT2D eigenvalue weighted by molar-refractivity contribution is -0.135. The summed E-state index contributed by atoms with van der Waals surface area (Å²) in [6, 6.07) is 6.12. The molecule has 3 rings (SSSR count). The van der Waals surface area contributed by atoms with E-state index in [4.69, 9.17) is 4.74 Å². The second-order valence-electron chi connectivity index (χ2n) is 5.94. The van der Waals surface area contributed by atoms with Gasteiger partial charge in [0.1, 0.15) is 5.75 Å². The van der Waals surface area contributed by atoms with Crippen molar-refractivity contribution in [3.63, 3.8) is 0 Å². The Hall–Kier alpha value is -1.97. The predicted octanol–water partition coefficient (Wildman–Crippen LogP) is 3.15. The molecule has 4 nitrogen and oxygen atoms in total. The summed E-state index contributed by atoms with van der Waals surface area (Å²) in [6.45, 7) is 5.68. The Morgan fingerprint density at radius 1 is 1.36 bits per heavy atom. The van der Waals surface area contributed by atoms with Crippen LogP contribution in [0.4, 0.5) is 0 Å². The van der Waals surface area contributed by atoms with E-state index >= 15 is 0 Å². The fourth-order valence-corrected chi connectivity index (χ4v) is 3.53. The molecule has 1 heterocycles. The van der Waals surface area contributed by atoms with Gasteiger partial charge in [0, 0.05) is 35.6 Å². The van der Waals surface area contributed by atoms with E-state index in [-0.39, 0.29) is 5.92 Å². The van der Waals surface area contributed by atoms with Crippen LogP contribution in [-0.2, 0) is 17.6 Å². The van der Waals surface area contributed by atoms with E-state index in [1.165, 1.54) is 16.6 Å². The maximum atomic E-state index is 12.6. The van der Waals surface area contributed by atoms with Crippen LogP contribution >= 0.6 is 0 Å². The fraction of sp³-hybridized carbons (Fsp3) is 0.500. The summed E-state index contributed by atoms with van der Waals surface area (Å²) in [6.07, 6.45) is 2.72. The van der Waals surface area contributed by atoms with Crippen LogP contribution in [0.3, 0.4) is 0 Å². The van der Waals surface area contributed by atoms with Crippen LogP contribution in [0.15, 0.2) is 18.2 Å². The number of nitrogens with one attached hydrogen (secondary N) is 1. The number of benzene rings is 1. The molecular weight excluding hydrogens is 276 g/mol. The van der Waals surface area contributed by atoms with Gasteiger partial charge in [-0.3, -0.25) is 4.79 Å². The highest BCUT2D eigenvalue weighted by Gasteiger charge is 2.29. The van der Waals surface area contributed by atoms with Crippen LogP contribution in [0.5, 0.6) is 5.75 Å². The van der Waals surface area contributed by atoms with Gasteiger partial charge in [-0.15, -0.1) is 0 Å². The molecule has 1 aliphatic carbocycles. The van der Waals surface area contributed by atoms with Crippen LogP contribution in [0.2, 0.25) is 0 Å². The third kappa shape index (κ3) is 2.47. The number of aromatic amines is 1. The number of aromatic nitrogens is 1. The molecule has 1 amide bonds. The average Bonchev–Trinajstić information content (AvgIpc) is 2.92. The molecule has 0 radical (unpaired) electrons. The zero-order chi connectivity index (χ0) is 15.7. The lowest BCUT2D eigenvalue weighted by Crippen LogP contribution is -2.38. The zero-order valence-electron chi connectivity index (χ0n) is 13.6. The first-order valence-electron chi connectivity index (χ1n) is 8.14. The average molecular weight is 300 g/mol. The van der Waals surface area contributed by atoms with Crippen molar-refractivity contribution in [1.29, 1.82) is 0 Å². The molecule has 0 aliphatic heterocycles. The van der Waals surface area contributed by atoms with Crippen LogP contribution in [-0.4, -0.2) is 36.0 Å². The number of hydrogen-bond acceptors (Lipinski definition) is 2. The smallest absolute Gasteiger partial charge is 0.226 e. The van der Waals surface area contributed by atoms with Crippen LogP contribution in [0.25, 0.3) is 10.9 Å². The Morgan fingerprint density at radius 2 is 2.14 bits per heavy atom. The molecule has 0 saturated carbocycles. The van der Waals surface area contributed by atoms with Gasteiger partial charge in [-0.25, -0.2) is 0 Å². The maximum Gasteiger partial charge on any atom is 0.226 e. The number of methoxy groups -OCH3 is 1. The molecule has 1 aromatic carbocycles. The highest BCUT2D eigenvalue weighted by atomic mass is 16.5. The summed E-state index contributed by atoms with van der Waals surface area (Å²) in [4.78, 5) is 18.1. The van der Waals surface area contributed by atoms with Gasteiger partial charge in [0.15, 0.2) is 0 Å². The van der Waals surface area contributed by atoms with Crippen molar-refractivity contribution in [1.82, 2.24) is 9.88 Å². The first-order valence-corrected chi connectivity index (χ1v) is 8.14. The van der Waals surface area contributed by atoms with E-state index in [0.29, 0.717) is 5.91 Å². The quantitative estimate of drug-likeness (QED) is 0.942. The first kappa shape index (κ1) is 14.9. The SMILES string of the molecule is CCN(CC)C(=O)C1CCc2[nH]c3ccc(OC)cc3c2C1. The van der Waals surface area contributed by atoms with E-state index in [9.17, 15) is 4.79 Å². The van der Waals surface area contributed by atoms with Gasteiger partial charge in [-0.2, -0.15) is 0 Å². The van der Waals surface area contributed by atoms with Crippen molar-refractivity contribution in [2.24, 2.45) is 5.92 Å². The number of carbonyl (C=O) groups excluding carboxylic acids is 1. The molecule has 1 aromatic heterocycles. The molecule has 2 aromatic rings. The molecule has 0 spiro atoms. The second-order valence-corrected chi connectivity index (χ2v) is 5.94. The van der Waals surface area contributed by atoms with E-state index in [1.807, 2.05) is 24.8 Å². The Kier molecular flexibility index (Phi) is 4.10. The summed E-state index contributed by atoms with van der Waals surface area (Å²) < 4.78 is 5.34. The zero-order valence-corrected chi connectivity index (χ0v) is 13.6. The molecule has 0 fully saturated rings. The summed E-state index contributed by atoms with van der Waals surface area (Å²) >= 11 is 0. The monoisotopic (exact) mass is 300 g/mol. The number of carbonyl (C=O) groups is 1. The fourth-order valence-electron chi connectivity index (χ4n) is 3.53. The standard InChI is InChI=1S/C18H24N2O2/c1-4-20(5-2)18(21)12-6-8-16-14(10-12)15-11-13(22-3)7-9-17(15)19-16/h7,9,11-12,19H,4-6,8,10H2,1-3H3. The Labute approximate surface area is 131 Å². The number of H-pyrrole nitrogens is 1. The lowest BCUT2D eigenvalue weighted by Gasteiger charge is -2.28. The van der Waals surface area contributed by atoms with Gasteiger partial charge in [-0.1, -0.05) is 0 Å². The Morgan fingerprint density at radius 3 is 2.82 bits per heavy atom. The van der Waals surface area contributed by atoms with Crippen LogP contribution in [0.1, 0.15) is 31.5 Å². The number of hydrogen-bond donors (Lipinski definition) is 1. The van der Waals surface area contributed by atoms with Gasteiger partial charge >= 0.3 is 0 Å². The summed E-state index contributed by atoms with van der Waals surface area (Å²) in [5.41, 5.74) is 3.72. The minimum absolute atomic E-state index is 0.109. The lowest BCUT2D eigenvalue weighted by atomic mass is 9.85. The summed E-state index contributed by atoms with van der Waals surface area (Å²) in [7, 11) is 1.69. The van der Waals surface area contributed by atoms with E-state index in [2.05, 4.69) is 17.1 Å². The van der Waals surface area contributed by atoms with Gasteiger partial charge in [0.25, 0.3) is 0 Å². The minimum atomic E-state index is 0.109. The summed E-state index contributed by atoms with van der Waals surface area (Å²) in [5, 5.41) is 1.20. The van der Waals surface area contributed by atoms with Gasteiger partial charge < -0.3 is 14.6 Å². The summed E-state index contributed by atoms with van der Waals surface area (Å²) in [5.74, 6) is 1.27. The van der Waals surface area contributed by atoms with E-state index < -0.39 is 0 Å². The van der Waals surface area contributed by atoms with Gasteiger partial charge in [-0.05, 0) is 56.9 Å². The number of aryl methyl sites for hydroxylation is 1. The van der Waals surface area contributed by atoms with Crippen molar-refractivity contribution >= 4 is 16.8 Å². The number of rotatable bonds is 4. The molecule has 1 unspecified atom stereocenters. The molecular formula is C18H24N2O2. The number of amides is 1. The normalized spacial score (nSPS) is 17.3. The third-order valence-corrected chi connectivity index (χ3v) is 4.82. The highest BCUT2D eigenvalue weighted by Crippen LogP contribution is 2.34. The van der Waals surface area contributed by atoms with E-state index in [1.54, 1.807) is 7.11 Å². The molecule has 118 valence electrons. The molecule has 1 atom stereocenters. The van der Waals surface area contributed by atoms with Crippen LogP contribution < -0.4 is 4.74 Å². The molecule has 4 heteroatoms. The van der Waals surface area contributed by atoms with Gasteiger partial charge in [0.05, 0.1) is 7.11 Å². The highest BCUT2D eigenvalue weighted by molar-refractivity contribution is 5.88. The van der Waals surface area contributed by atoms with Crippen molar-refractivity contribution in [2.75, 3.05) is 20.2 Å². The van der Waals surface area contributed by atoms with Crippen molar-refractivity contribution in [3.8, 4) is 5.75 Å². The number of ether oxygens (including phenoxy) is 1. The Bertz CT molecular complexity index is 686. The predicted molar refractivity (Wildman–Crippen MR) is 88.3 cm³/mol. The molecule has 0 saturated heterocycles. The molecule has 0 bridgehead atoms. The first-order chi connectivity index (χ1) is 10.7. The van der Waals surface area contributed by atoms with Crippen LogP contribution in [0, 0.1) is 5.92 Å². The van der Waals surface area contributed by atoms with Crippen molar-refractivity contribution in [3.05, 3.63) is 29.5 Å². The maximum absolute atomic E-state index is 12.6. The minimum Gasteiger partial charge on any atom is -0.497 e. The largest absolute Gasteiger partial charge is 0.497 e. The van der Waals surface area contributed by atoms with Crippen molar-refractivity contribution in [2.45, 2.75) is 33.1 Å². The van der Waals surface area contributed by atoms with E-state index in [0.717, 1.165) is 43.6 Å². The van der Waals surface area contributed by atoms with Gasteiger partial charge in [0.2, 0.25) is 5.91 Å².